The van der Waals surface area contributed by atoms with Crippen LogP contribution in [0.2, 0.25) is 0 Å². The summed E-state index contributed by atoms with van der Waals surface area (Å²) in [6.45, 7) is 19.1. The molecule has 9 nitrogen and oxygen atoms in total. The van der Waals surface area contributed by atoms with Gasteiger partial charge in [0.05, 0.1) is 12.1 Å². The fourth-order valence-corrected chi connectivity index (χ4v) is 12.8. The number of alkyl carbamates (subject to hydrolysis) is 1. The number of rotatable bonds is 5. The topological polar surface area (TPSA) is 109 Å². The third-order valence-electron chi connectivity index (χ3n) is 15.6. The molecule has 3 N–H and O–H groups in total. The Kier molecular flexibility index (Phi) is 7.43. The molecule has 47 heavy (non-hydrogen) atoms. The summed E-state index contributed by atoms with van der Waals surface area (Å²) in [4.78, 5) is 27.5. The van der Waals surface area contributed by atoms with Gasteiger partial charge in [0.25, 0.3) is 0 Å². The molecule has 2 amide bonds. The fourth-order valence-electron chi connectivity index (χ4n) is 12.8. The highest BCUT2D eigenvalue weighted by Gasteiger charge is 2.85. The zero-order valence-corrected chi connectivity index (χ0v) is 29.7. The summed E-state index contributed by atoms with van der Waals surface area (Å²) in [5.74, 6) is 2.60. The number of likely N-dealkylation sites (tertiary alicyclic amines) is 1. The van der Waals surface area contributed by atoms with Gasteiger partial charge in [0.2, 0.25) is 0 Å². The van der Waals surface area contributed by atoms with Crippen molar-refractivity contribution >= 4 is 12.2 Å². The van der Waals surface area contributed by atoms with Crippen LogP contribution >= 0.6 is 0 Å². The van der Waals surface area contributed by atoms with E-state index in [0.29, 0.717) is 5.92 Å². The Morgan fingerprint density at radius 3 is 2.47 bits per heavy atom. The number of nitrogens with one attached hydrogen (secondary N) is 2. The lowest BCUT2D eigenvalue weighted by Crippen LogP contribution is -2.60. The van der Waals surface area contributed by atoms with Crippen molar-refractivity contribution in [2.75, 3.05) is 26.2 Å². The second-order valence-electron chi connectivity index (χ2n) is 18.3. The molecule has 0 aromatic rings. The number of carbonyl (C=O) groups is 2. The van der Waals surface area contributed by atoms with Crippen LogP contribution in [0.3, 0.4) is 0 Å². The molecule has 0 aromatic carbocycles. The molecule has 10 atom stereocenters. The summed E-state index contributed by atoms with van der Waals surface area (Å²) >= 11 is 0. The van der Waals surface area contributed by atoms with E-state index in [0.717, 1.165) is 83.3 Å². The molecule has 3 aliphatic heterocycles. The van der Waals surface area contributed by atoms with E-state index in [-0.39, 0.29) is 69.2 Å². The van der Waals surface area contributed by atoms with Gasteiger partial charge < -0.3 is 34.9 Å². The van der Waals surface area contributed by atoms with Gasteiger partial charge in [-0.25, -0.2) is 9.59 Å². The van der Waals surface area contributed by atoms with Crippen molar-refractivity contribution in [1.29, 1.82) is 0 Å². The summed E-state index contributed by atoms with van der Waals surface area (Å²) in [7, 11) is 0. The van der Waals surface area contributed by atoms with Gasteiger partial charge in [-0.05, 0) is 97.7 Å². The smallest absolute Gasteiger partial charge is 0.410 e. The van der Waals surface area contributed by atoms with Crippen LogP contribution in [0.1, 0.15) is 106 Å². The van der Waals surface area contributed by atoms with Gasteiger partial charge in [0.1, 0.15) is 24.4 Å². The average Bonchev–Trinajstić information content (AvgIpc) is 3.59. The van der Waals surface area contributed by atoms with Crippen molar-refractivity contribution in [3.63, 3.8) is 0 Å². The summed E-state index contributed by atoms with van der Waals surface area (Å²) < 4.78 is 19.1. The SMILES string of the molecule is CC(C)[C@@H](OC(=O)N1CCC1)[C]1C[C@@H](C)[C@H]2[C](O1)[C@H](O)[C@@]1(C)[C]3CC[C@H]4C(C)(C)C(OC(=O)NC5CNC5)CC[C@@]45C[C@@]35CC[C@]21C. The molecule has 5 aliphatic carbocycles. The van der Waals surface area contributed by atoms with Crippen LogP contribution in [0.15, 0.2) is 0 Å². The third-order valence-corrected chi connectivity index (χ3v) is 15.6. The monoisotopic (exact) mass is 652 g/mol. The Balaban J connectivity index is 1.03. The lowest BCUT2D eigenvalue weighted by atomic mass is 9.41. The number of aliphatic hydroxyl groups is 1. The van der Waals surface area contributed by atoms with Crippen molar-refractivity contribution in [2.45, 2.75) is 131 Å². The van der Waals surface area contributed by atoms with E-state index in [1.54, 1.807) is 10.8 Å². The van der Waals surface area contributed by atoms with E-state index < -0.39 is 12.2 Å². The zero-order chi connectivity index (χ0) is 33.3. The predicted octanol–water partition coefficient (Wildman–Crippen LogP) is 6.02. The number of aliphatic hydroxyl groups excluding tert-OH is 1. The maximum absolute atomic E-state index is 12.9. The number of hydrogen-bond acceptors (Lipinski definition) is 7. The number of hydrogen-bond donors (Lipinski definition) is 3. The first-order valence-electron chi connectivity index (χ1n) is 18.8. The van der Waals surface area contributed by atoms with Crippen LogP contribution in [0.4, 0.5) is 9.59 Å². The van der Waals surface area contributed by atoms with Gasteiger partial charge in [-0.3, -0.25) is 0 Å². The molecule has 0 aromatic heterocycles. The summed E-state index contributed by atoms with van der Waals surface area (Å²) in [6, 6.07) is 0.174. The molecule has 8 fully saturated rings. The second kappa shape index (κ2) is 10.7. The molecule has 261 valence electrons. The average molecular weight is 653 g/mol. The predicted molar refractivity (Wildman–Crippen MR) is 176 cm³/mol. The minimum atomic E-state index is -0.687. The molecule has 1 unspecified atom stereocenters. The zero-order valence-electron chi connectivity index (χ0n) is 29.7. The van der Waals surface area contributed by atoms with Gasteiger partial charge >= 0.3 is 12.2 Å². The van der Waals surface area contributed by atoms with E-state index >= 15 is 0 Å². The van der Waals surface area contributed by atoms with Crippen LogP contribution < -0.4 is 10.6 Å². The van der Waals surface area contributed by atoms with Crippen LogP contribution in [0.25, 0.3) is 0 Å². The summed E-state index contributed by atoms with van der Waals surface area (Å²) in [6.07, 6.45) is 9.19. The van der Waals surface area contributed by atoms with Crippen LogP contribution in [0.5, 0.6) is 0 Å². The van der Waals surface area contributed by atoms with Gasteiger partial charge in [-0.1, -0.05) is 48.5 Å². The number of fused-ring (bicyclic) bond motifs is 4. The Bertz CT molecular complexity index is 1280. The highest BCUT2D eigenvalue weighted by atomic mass is 16.6. The first kappa shape index (κ1) is 32.6. The van der Waals surface area contributed by atoms with Crippen molar-refractivity contribution < 1.29 is 28.9 Å². The first-order valence-corrected chi connectivity index (χ1v) is 18.8. The normalized spacial score (nSPS) is 46.5. The van der Waals surface area contributed by atoms with Gasteiger partial charge in [0.15, 0.2) is 0 Å². The number of carbonyl (C=O) groups excluding carboxylic acids is 2. The van der Waals surface area contributed by atoms with E-state index in [2.05, 4.69) is 59.1 Å². The lowest BCUT2D eigenvalue weighted by Gasteiger charge is -2.63. The van der Waals surface area contributed by atoms with Crippen LogP contribution in [-0.2, 0) is 14.2 Å². The molecule has 8 aliphatic rings. The summed E-state index contributed by atoms with van der Waals surface area (Å²) in [5, 5.41) is 18.8. The largest absolute Gasteiger partial charge is 0.446 e. The molecule has 0 bridgehead atoms. The van der Waals surface area contributed by atoms with Gasteiger partial charge in [-0.2, -0.15) is 0 Å². The molecule has 3 radical (unpaired) electrons. The summed E-state index contributed by atoms with van der Waals surface area (Å²) in [5.41, 5.74) is -0.222. The van der Waals surface area contributed by atoms with Crippen molar-refractivity contribution in [3.05, 3.63) is 18.1 Å². The molecule has 3 saturated heterocycles. The lowest BCUT2D eigenvalue weighted by molar-refractivity contribution is -0.126. The maximum Gasteiger partial charge on any atom is 0.410 e. The third kappa shape index (κ3) is 4.30. The molecule has 5 saturated carbocycles. The van der Waals surface area contributed by atoms with Crippen LogP contribution in [0, 0.1) is 68.9 Å². The Labute approximate surface area is 282 Å². The first-order chi connectivity index (χ1) is 22.2. The van der Waals surface area contributed by atoms with Crippen molar-refractivity contribution in [3.8, 4) is 0 Å². The Hall–Kier alpha value is -1.58. The fraction of sp³-hybridized carbons (Fsp3) is 0.868. The van der Waals surface area contributed by atoms with E-state index in [1.807, 2.05) is 0 Å². The quantitative estimate of drug-likeness (QED) is 0.333. The van der Waals surface area contributed by atoms with Gasteiger partial charge in [-0.15, -0.1) is 0 Å². The van der Waals surface area contributed by atoms with Crippen LogP contribution in [-0.4, -0.2) is 72.7 Å². The van der Waals surface area contributed by atoms with Crippen molar-refractivity contribution in [2.24, 2.45) is 50.7 Å². The number of ether oxygens (including phenoxy) is 3. The van der Waals surface area contributed by atoms with Crippen molar-refractivity contribution in [1.82, 2.24) is 15.5 Å². The Morgan fingerprint density at radius 2 is 1.83 bits per heavy atom. The second-order valence-corrected chi connectivity index (χ2v) is 18.3. The van der Waals surface area contributed by atoms with E-state index in [1.165, 1.54) is 12.8 Å². The highest BCUT2D eigenvalue weighted by Crippen LogP contribution is 2.90. The maximum atomic E-state index is 12.9. The molecule has 2 spiro atoms. The minimum Gasteiger partial charge on any atom is -0.446 e. The minimum absolute atomic E-state index is 0.0783. The molecule has 3 heterocycles. The number of nitrogens with zero attached hydrogens (tertiary/aromatic N) is 1. The highest BCUT2D eigenvalue weighted by molar-refractivity contribution is 5.69. The van der Waals surface area contributed by atoms with Gasteiger partial charge in [0, 0.05) is 42.9 Å². The molecular formula is C38H58N3O6. The van der Waals surface area contributed by atoms with E-state index in [9.17, 15) is 14.7 Å². The Morgan fingerprint density at radius 1 is 1.09 bits per heavy atom. The molecule has 9 heteroatoms. The molecule has 8 rings (SSSR count). The standard InChI is InChI=1S/C38H58N3O6/c1-21(2)29(47-33(44)41-15-8-16-41)24-17-22(3)28-30(45-24)31(42)36(7)26-10-9-25-34(4,5)27(46-32(43)40-23-18-39-19-23)11-12-37(25)20-38(26,37)14-13-35(28,36)6/h21-23,25,27-29,31,39,42H,8-20H2,1-7H3,(H,40,43)/t22-,25+,27?,28+,29-,31+,35-,36-,37-,38+/m1/s1. The number of amides is 2. The molecular weight excluding hydrogens is 594 g/mol. The van der Waals surface area contributed by atoms with E-state index in [4.69, 9.17) is 14.2 Å².